The predicted octanol–water partition coefficient (Wildman–Crippen LogP) is 3.21. The Labute approximate surface area is 151 Å². The van der Waals surface area contributed by atoms with Crippen LogP contribution in [-0.4, -0.2) is 30.0 Å². The summed E-state index contributed by atoms with van der Waals surface area (Å²) >= 11 is 0. The average molecular weight is 353 g/mol. The molecule has 1 atom stereocenters. The molecule has 26 heavy (non-hydrogen) atoms. The van der Waals surface area contributed by atoms with Crippen LogP contribution in [0.3, 0.4) is 0 Å². The lowest BCUT2D eigenvalue weighted by molar-refractivity contribution is -0.125. The summed E-state index contributed by atoms with van der Waals surface area (Å²) in [6.45, 7) is 3.88. The Balaban J connectivity index is 1.49. The van der Waals surface area contributed by atoms with Crippen LogP contribution in [0.2, 0.25) is 0 Å². The fourth-order valence-electron chi connectivity index (χ4n) is 3.10. The monoisotopic (exact) mass is 353 g/mol. The van der Waals surface area contributed by atoms with E-state index >= 15 is 0 Å². The zero-order valence-electron chi connectivity index (χ0n) is 14.6. The molecule has 2 aromatic carbocycles. The van der Waals surface area contributed by atoms with Crippen molar-refractivity contribution in [2.45, 2.75) is 32.0 Å². The minimum absolute atomic E-state index is 0.00136. The number of amides is 1. The molecule has 0 saturated heterocycles. The molecule has 0 aromatic heterocycles. The summed E-state index contributed by atoms with van der Waals surface area (Å²) in [6.07, 6.45) is -0.458. The Kier molecular flexibility index (Phi) is 3.83. The summed E-state index contributed by atoms with van der Waals surface area (Å²) < 4.78 is 17.1. The number of ketones is 1. The minimum atomic E-state index is -0.758. The molecule has 2 aliphatic rings. The van der Waals surface area contributed by atoms with Crippen LogP contribution in [0.5, 0.6) is 17.2 Å². The lowest BCUT2D eigenvalue weighted by Gasteiger charge is -2.31. The SMILES string of the molecule is CC1(C)CC(=O)c2cc(NC(=O)C3COc4ccccc4O3)ccc2O1. The number of nitrogens with one attached hydrogen (secondary N) is 1. The molecule has 6 nitrogen and oxygen atoms in total. The number of carbonyl (C=O) groups excluding carboxylic acids is 2. The molecular formula is C20H19NO5. The number of hydrogen-bond donors (Lipinski definition) is 1. The van der Waals surface area contributed by atoms with E-state index in [0.29, 0.717) is 34.9 Å². The first kappa shape index (κ1) is 16.4. The van der Waals surface area contributed by atoms with Gasteiger partial charge >= 0.3 is 0 Å². The maximum atomic E-state index is 12.5. The third kappa shape index (κ3) is 3.10. The van der Waals surface area contributed by atoms with E-state index in [1.165, 1.54) is 0 Å². The molecule has 2 heterocycles. The van der Waals surface area contributed by atoms with Crippen LogP contribution in [-0.2, 0) is 4.79 Å². The Morgan fingerprint density at radius 1 is 1.12 bits per heavy atom. The molecule has 4 rings (SSSR count). The molecule has 0 bridgehead atoms. The van der Waals surface area contributed by atoms with Crippen LogP contribution in [0.4, 0.5) is 5.69 Å². The van der Waals surface area contributed by atoms with E-state index in [-0.39, 0.29) is 18.3 Å². The van der Waals surface area contributed by atoms with Gasteiger partial charge in [-0.2, -0.15) is 0 Å². The number of para-hydroxylation sites is 2. The third-order valence-corrected chi connectivity index (χ3v) is 4.32. The first-order valence-corrected chi connectivity index (χ1v) is 8.47. The minimum Gasteiger partial charge on any atom is -0.487 e. The maximum absolute atomic E-state index is 12.5. The summed E-state index contributed by atoms with van der Waals surface area (Å²) in [4.78, 5) is 24.8. The molecule has 1 amide bonds. The molecule has 0 radical (unpaired) electrons. The quantitative estimate of drug-likeness (QED) is 0.897. The number of benzene rings is 2. The van der Waals surface area contributed by atoms with Crippen LogP contribution in [0.1, 0.15) is 30.6 Å². The predicted molar refractivity (Wildman–Crippen MR) is 95.1 cm³/mol. The van der Waals surface area contributed by atoms with Gasteiger partial charge < -0.3 is 19.5 Å². The fourth-order valence-corrected chi connectivity index (χ4v) is 3.10. The van der Waals surface area contributed by atoms with Gasteiger partial charge in [0.15, 0.2) is 17.3 Å². The van der Waals surface area contributed by atoms with Gasteiger partial charge in [-0.1, -0.05) is 12.1 Å². The van der Waals surface area contributed by atoms with E-state index in [4.69, 9.17) is 14.2 Å². The van der Waals surface area contributed by atoms with Gasteiger partial charge in [-0.15, -0.1) is 0 Å². The average Bonchev–Trinajstić information content (AvgIpc) is 2.61. The summed E-state index contributed by atoms with van der Waals surface area (Å²) in [5.74, 6) is 1.36. The van der Waals surface area contributed by atoms with Gasteiger partial charge in [0.1, 0.15) is 18.0 Å². The summed E-state index contributed by atoms with van der Waals surface area (Å²) in [7, 11) is 0. The lowest BCUT2D eigenvalue weighted by Crippen LogP contribution is -2.40. The highest BCUT2D eigenvalue weighted by Crippen LogP contribution is 2.35. The highest BCUT2D eigenvalue weighted by Gasteiger charge is 2.33. The Morgan fingerprint density at radius 2 is 1.88 bits per heavy atom. The molecule has 134 valence electrons. The molecule has 2 aliphatic heterocycles. The van der Waals surface area contributed by atoms with Gasteiger partial charge in [-0.3, -0.25) is 9.59 Å². The maximum Gasteiger partial charge on any atom is 0.269 e. The van der Waals surface area contributed by atoms with Crippen molar-refractivity contribution in [3.8, 4) is 17.2 Å². The second-order valence-corrected chi connectivity index (χ2v) is 7.03. The Bertz CT molecular complexity index is 890. The summed E-state index contributed by atoms with van der Waals surface area (Å²) in [5, 5.41) is 2.78. The molecule has 0 saturated carbocycles. The third-order valence-electron chi connectivity index (χ3n) is 4.32. The van der Waals surface area contributed by atoms with Crippen LogP contribution >= 0.6 is 0 Å². The normalized spacial score (nSPS) is 19.9. The van der Waals surface area contributed by atoms with E-state index < -0.39 is 11.7 Å². The van der Waals surface area contributed by atoms with Crippen molar-refractivity contribution in [1.82, 2.24) is 0 Å². The largest absolute Gasteiger partial charge is 0.487 e. The first-order valence-electron chi connectivity index (χ1n) is 8.47. The van der Waals surface area contributed by atoms with Gasteiger partial charge in [-0.05, 0) is 44.2 Å². The Morgan fingerprint density at radius 3 is 2.69 bits per heavy atom. The summed E-state index contributed by atoms with van der Waals surface area (Å²) in [5.41, 5.74) is 0.483. The zero-order valence-corrected chi connectivity index (χ0v) is 14.6. The van der Waals surface area contributed by atoms with E-state index in [1.807, 2.05) is 26.0 Å². The van der Waals surface area contributed by atoms with Gasteiger partial charge in [-0.25, -0.2) is 0 Å². The van der Waals surface area contributed by atoms with Gasteiger partial charge in [0, 0.05) is 5.69 Å². The van der Waals surface area contributed by atoms with E-state index in [0.717, 1.165) is 0 Å². The van der Waals surface area contributed by atoms with Crippen LogP contribution in [0.15, 0.2) is 42.5 Å². The van der Waals surface area contributed by atoms with E-state index in [2.05, 4.69) is 5.32 Å². The number of fused-ring (bicyclic) bond motifs is 2. The lowest BCUT2D eigenvalue weighted by atomic mass is 9.93. The van der Waals surface area contributed by atoms with E-state index in [1.54, 1.807) is 30.3 Å². The fraction of sp³-hybridized carbons (Fsp3) is 0.300. The molecule has 6 heteroatoms. The number of hydrogen-bond acceptors (Lipinski definition) is 5. The highest BCUT2D eigenvalue weighted by molar-refractivity contribution is 6.02. The molecule has 1 N–H and O–H groups in total. The van der Waals surface area contributed by atoms with Crippen molar-refractivity contribution >= 4 is 17.4 Å². The van der Waals surface area contributed by atoms with Crippen molar-refractivity contribution in [1.29, 1.82) is 0 Å². The standard InChI is InChI=1S/C20H19NO5/c1-20(2)10-14(22)13-9-12(7-8-15(13)26-20)21-19(23)18-11-24-16-5-3-4-6-17(16)25-18/h3-9,18H,10-11H2,1-2H3,(H,21,23). The number of Topliss-reactive ketones (excluding diaryl/α,β-unsaturated/α-hetero) is 1. The van der Waals surface area contributed by atoms with Crippen molar-refractivity contribution < 1.29 is 23.8 Å². The van der Waals surface area contributed by atoms with Crippen molar-refractivity contribution in [3.63, 3.8) is 0 Å². The number of rotatable bonds is 2. The van der Waals surface area contributed by atoms with Crippen molar-refractivity contribution in [2.24, 2.45) is 0 Å². The van der Waals surface area contributed by atoms with Crippen molar-refractivity contribution in [2.75, 3.05) is 11.9 Å². The second-order valence-electron chi connectivity index (χ2n) is 7.03. The van der Waals surface area contributed by atoms with Gasteiger partial charge in [0.25, 0.3) is 5.91 Å². The second kappa shape index (κ2) is 6.05. The zero-order chi connectivity index (χ0) is 18.3. The van der Waals surface area contributed by atoms with Crippen molar-refractivity contribution in [3.05, 3.63) is 48.0 Å². The van der Waals surface area contributed by atoms with Crippen LogP contribution in [0, 0.1) is 0 Å². The Hall–Kier alpha value is -3.02. The molecule has 0 spiro atoms. The van der Waals surface area contributed by atoms with Crippen LogP contribution < -0.4 is 19.5 Å². The van der Waals surface area contributed by atoms with Gasteiger partial charge in [0.05, 0.1) is 12.0 Å². The molecule has 0 aliphatic carbocycles. The van der Waals surface area contributed by atoms with E-state index in [9.17, 15) is 9.59 Å². The number of carbonyl (C=O) groups is 2. The first-order chi connectivity index (χ1) is 12.4. The molecule has 1 unspecified atom stereocenters. The molecule has 0 fully saturated rings. The van der Waals surface area contributed by atoms with Crippen LogP contribution in [0.25, 0.3) is 0 Å². The number of ether oxygens (including phenoxy) is 3. The summed E-state index contributed by atoms with van der Waals surface area (Å²) in [6, 6.07) is 12.3. The topological polar surface area (TPSA) is 73.9 Å². The van der Waals surface area contributed by atoms with Gasteiger partial charge in [0.2, 0.25) is 6.10 Å². The smallest absolute Gasteiger partial charge is 0.269 e. The molecule has 2 aromatic rings. The number of anilines is 1. The highest BCUT2D eigenvalue weighted by atomic mass is 16.6. The molecular weight excluding hydrogens is 334 g/mol.